The Labute approximate surface area is 122 Å². The number of amides is 1. The van der Waals surface area contributed by atoms with Gasteiger partial charge in [-0.2, -0.15) is 0 Å². The number of hydrogen-bond donors (Lipinski definition) is 2. The standard InChI is InChI=1S/C12H18N2O4S2/c15-11(13-8-10-4-1-2-6-18-10)9-14-20(16,17)12-5-3-7-19-12/h3,5,7,10,14H,1-2,4,6,8-9H2,(H,13,15)/t10-/m1/s1. The van der Waals surface area contributed by atoms with Gasteiger partial charge in [0.1, 0.15) is 4.21 Å². The summed E-state index contributed by atoms with van der Waals surface area (Å²) in [6.07, 6.45) is 3.14. The van der Waals surface area contributed by atoms with E-state index in [1.807, 2.05) is 0 Å². The molecule has 6 nitrogen and oxygen atoms in total. The molecule has 1 aliphatic rings. The van der Waals surface area contributed by atoms with Gasteiger partial charge in [0.25, 0.3) is 10.0 Å². The summed E-state index contributed by atoms with van der Waals surface area (Å²) in [6.45, 7) is 0.901. The lowest BCUT2D eigenvalue weighted by Gasteiger charge is -2.22. The number of nitrogens with one attached hydrogen (secondary N) is 2. The van der Waals surface area contributed by atoms with Crippen LogP contribution in [0.5, 0.6) is 0 Å². The van der Waals surface area contributed by atoms with Crippen LogP contribution in [0.25, 0.3) is 0 Å². The maximum Gasteiger partial charge on any atom is 0.250 e. The molecule has 2 heterocycles. The number of ether oxygens (including phenoxy) is 1. The molecule has 0 unspecified atom stereocenters. The number of carbonyl (C=O) groups is 1. The number of sulfonamides is 1. The Kier molecular flexibility index (Phi) is 5.53. The molecule has 1 fully saturated rings. The zero-order valence-corrected chi connectivity index (χ0v) is 12.6. The molecule has 0 aliphatic carbocycles. The Morgan fingerprint density at radius 1 is 1.45 bits per heavy atom. The molecule has 20 heavy (non-hydrogen) atoms. The van der Waals surface area contributed by atoms with Gasteiger partial charge in [0.05, 0.1) is 12.6 Å². The molecule has 2 N–H and O–H groups in total. The molecule has 1 saturated heterocycles. The number of thiophene rings is 1. The van der Waals surface area contributed by atoms with Crippen LogP contribution in [0.4, 0.5) is 0 Å². The Morgan fingerprint density at radius 3 is 2.95 bits per heavy atom. The first-order valence-corrected chi connectivity index (χ1v) is 8.86. The molecule has 1 amide bonds. The van der Waals surface area contributed by atoms with E-state index >= 15 is 0 Å². The Balaban J connectivity index is 1.72. The average Bonchev–Trinajstić information content (AvgIpc) is 2.99. The fourth-order valence-electron chi connectivity index (χ4n) is 1.91. The first-order valence-electron chi connectivity index (χ1n) is 6.49. The molecule has 1 aromatic rings. The van der Waals surface area contributed by atoms with E-state index in [-0.39, 0.29) is 22.8 Å². The largest absolute Gasteiger partial charge is 0.376 e. The third-order valence-electron chi connectivity index (χ3n) is 2.98. The van der Waals surface area contributed by atoms with Crippen LogP contribution in [0.15, 0.2) is 21.7 Å². The molecular formula is C12H18N2O4S2. The maximum atomic E-state index is 11.8. The van der Waals surface area contributed by atoms with Crippen LogP contribution in [0.1, 0.15) is 19.3 Å². The zero-order chi connectivity index (χ0) is 14.4. The summed E-state index contributed by atoms with van der Waals surface area (Å²) in [4.78, 5) is 11.6. The molecule has 8 heteroatoms. The van der Waals surface area contributed by atoms with Crippen molar-refractivity contribution in [2.24, 2.45) is 0 Å². The normalized spacial score (nSPS) is 19.7. The van der Waals surface area contributed by atoms with Gasteiger partial charge in [-0.15, -0.1) is 11.3 Å². The molecular weight excluding hydrogens is 300 g/mol. The van der Waals surface area contributed by atoms with Crippen LogP contribution in [-0.4, -0.2) is 40.1 Å². The van der Waals surface area contributed by atoms with Gasteiger partial charge in [0, 0.05) is 13.2 Å². The van der Waals surface area contributed by atoms with Crippen LogP contribution in [0, 0.1) is 0 Å². The summed E-state index contributed by atoms with van der Waals surface area (Å²) in [5.41, 5.74) is 0. The second-order valence-corrected chi connectivity index (χ2v) is 7.49. The van der Waals surface area contributed by atoms with E-state index in [1.165, 1.54) is 6.07 Å². The van der Waals surface area contributed by atoms with Gasteiger partial charge in [0.15, 0.2) is 0 Å². The van der Waals surface area contributed by atoms with E-state index in [4.69, 9.17) is 4.74 Å². The minimum Gasteiger partial charge on any atom is -0.376 e. The van der Waals surface area contributed by atoms with Crippen molar-refractivity contribution in [1.82, 2.24) is 10.0 Å². The van der Waals surface area contributed by atoms with Crippen molar-refractivity contribution in [3.63, 3.8) is 0 Å². The van der Waals surface area contributed by atoms with Crippen molar-refractivity contribution >= 4 is 27.3 Å². The van der Waals surface area contributed by atoms with Gasteiger partial charge >= 0.3 is 0 Å². The van der Waals surface area contributed by atoms with Crippen molar-refractivity contribution in [2.75, 3.05) is 19.7 Å². The van der Waals surface area contributed by atoms with Gasteiger partial charge in [-0.1, -0.05) is 6.07 Å². The fraction of sp³-hybridized carbons (Fsp3) is 0.583. The molecule has 112 valence electrons. The van der Waals surface area contributed by atoms with E-state index < -0.39 is 10.0 Å². The van der Waals surface area contributed by atoms with Crippen molar-refractivity contribution < 1.29 is 17.9 Å². The highest BCUT2D eigenvalue weighted by Crippen LogP contribution is 2.15. The Bertz CT molecular complexity index is 522. The van der Waals surface area contributed by atoms with E-state index in [0.717, 1.165) is 37.2 Å². The molecule has 0 radical (unpaired) electrons. The fourth-order valence-corrected chi connectivity index (χ4v) is 3.93. The topological polar surface area (TPSA) is 84.5 Å². The predicted molar refractivity (Wildman–Crippen MR) is 76.1 cm³/mol. The van der Waals surface area contributed by atoms with E-state index in [0.29, 0.717) is 6.54 Å². The van der Waals surface area contributed by atoms with Gasteiger partial charge in [-0.05, 0) is 30.7 Å². The van der Waals surface area contributed by atoms with Crippen molar-refractivity contribution in [3.8, 4) is 0 Å². The van der Waals surface area contributed by atoms with E-state index in [2.05, 4.69) is 10.0 Å². The van der Waals surface area contributed by atoms with Crippen LogP contribution in [0.3, 0.4) is 0 Å². The minimum absolute atomic E-state index is 0.0432. The van der Waals surface area contributed by atoms with Gasteiger partial charge in [0.2, 0.25) is 5.91 Å². The summed E-state index contributed by atoms with van der Waals surface area (Å²) < 4.78 is 31.6. The minimum atomic E-state index is -3.58. The number of hydrogen-bond acceptors (Lipinski definition) is 5. The first kappa shape index (κ1) is 15.4. The highest BCUT2D eigenvalue weighted by Gasteiger charge is 2.18. The van der Waals surface area contributed by atoms with Crippen molar-refractivity contribution in [3.05, 3.63) is 17.5 Å². The summed E-state index contributed by atoms with van der Waals surface area (Å²) in [5.74, 6) is -0.348. The van der Waals surface area contributed by atoms with Crippen LogP contribution in [0.2, 0.25) is 0 Å². The van der Waals surface area contributed by atoms with E-state index in [1.54, 1.807) is 11.4 Å². The summed E-state index contributed by atoms with van der Waals surface area (Å²) >= 11 is 1.12. The summed E-state index contributed by atoms with van der Waals surface area (Å²) in [5, 5.41) is 4.36. The van der Waals surface area contributed by atoms with Crippen molar-refractivity contribution in [2.45, 2.75) is 29.6 Å². The second kappa shape index (κ2) is 7.16. The molecule has 1 atom stereocenters. The number of rotatable bonds is 6. The first-order chi connectivity index (χ1) is 9.58. The van der Waals surface area contributed by atoms with Crippen LogP contribution >= 0.6 is 11.3 Å². The Hall–Kier alpha value is -0.960. The summed E-state index contributed by atoms with van der Waals surface area (Å²) in [7, 11) is -3.58. The average molecular weight is 318 g/mol. The molecule has 0 aromatic carbocycles. The Morgan fingerprint density at radius 2 is 2.30 bits per heavy atom. The van der Waals surface area contributed by atoms with Crippen LogP contribution < -0.4 is 10.0 Å². The lowest BCUT2D eigenvalue weighted by molar-refractivity contribution is -0.120. The molecule has 0 bridgehead atoms. The lowest BCUT2D eigenvalue weighted by atomic mass is 10.1. The zero-order valence-electron chi connectivity index (χ0n) is 11.0. The monoisotopic (exact) mass is 318 g/mol. The molecule has 1 aromatic heterocycles. The summed E-state index contributed by atoms with van der Waals surface area (Å²) in [6, 6.07) is 3.15. The third kappa shape index (κ3) is 4.55. The highest BCUT2D eigenvalue weighted by molar-refractivity contribution is 7.91. The van der Waals surface area contributed by atoms with Crippen molar-refractivity contribution in [1.29, 1.82) is 0 Å². The van der Waals surface area contributed by atoms with Gasteiger partial charge in [-0.25, -0.2) is 13.1 Å². The second-order valence-electron chi connectivity index (χ2n) is 4.55. The molecule has 1 aliphatic heterocycles. The SMILES string of the molecule is O=C(CNS(=O)(=O)c1cccs1)NC[C@H]1CCCCO1. The molecule has 0 saturated carbocycles. The van der Waals surface area contributed by atoms with E-state index in [9.17, 15) is 13.2 Å². The molecule has 2 rings (SSSR count). The van der Waals surface area contributed by atoms with Gasteiger partial charge in [-0.3, -0.25) is 4.79 Å². The van der Waals surface area contributed by atoms with Gasteiger partial charge < -0.3 is 10.1 Å². The smallest absolute Gasteiger partial charge is 0.250 e. The lowest BCUT2D eigenvalue weighted by Crippen LogP contribution is -2.41. The quantitative estimate of drug-likeness (QED) is 0.809. The predicted octanol–water partition coefficient (Wildman–Crippen LogP) is 0.712. The highest BCUT2D eigenvalue weighted by atomic mass is 32.2. The van der Waals surface area contributed by atoms with Crippen LogP contribution in [-0.2, 0) is 19.6 Å². The third-order valence-corrected chi connectivity index (χ3v) is 5.78. The number of carbonyl (C=O) groups excluding carboxylic acids is 1. The maximum absolute atomic E-state index is 11.8. The molecule has 0 spiro atoms.